The van der Waals surface area contributed by atoms with Gasteiger partial charge in [-0.1, -0.05) is 36.4 Å². The number of nitrogens with zero attached hydrogens (tertiary/aromatic N) is 3. The average molecular weight is 446 g/mol. The SMILES string of the molecule is COc1cccc(-c2ccc(CC3C(=O)N(C)CCN3C(=O)c3ccc(OC)nc3)cc2)c1. The number of pyridine rings is 1. The largest absolute Gasteiger partial charge is 0.497 e. The smallest absolute Gasteiger partial charge is 0.256 e. The molecule has 0 aliphatic carbocycles. The summed E-state index contributed by atoms with van der Waals surface area (Å²) in [5.41, 5.74) is 3.53. The van der Waals surface area contributed by atoms with Crippen LogP contribution in [0.3, 0.4) is 0 Å². The zero-order valence-electron chi connectivity index (χ0n) is 19.0. The highest BCUT2D eigenvalue weighted by Crippen LogP contribution is 2.25. The van der Waals surface area contributed by atoms with E-state index in [2.05, 4.69) is 4.98 Å². The summed E-state index contributed by atoms with van der Waals surface area (Å²) in [5, 5.41) is 0. The highest BCUT2D eigenvalue weighted by Gasteiger charge is 2.36. The van der Waals surface area contributed by atoms with Gasteiger partial charge in [0.15, 0.2) is 0 Å². The van der Waals surface area contributed by atoms with Crippen LogP contribution in [-0.4, -0.2) is 67.0 Å². The topological polar surface area (TPSA) is 72.0 Å². The van der Waals surface area contributed by atoms with E-state index in [1.165, 1.54) is 13.3 Å². The summed E-state index contributed by atoms with van der Waals surface area (Å²) in [6.07, 6.45) is 1.93. The lowest BCUT2D eigenvalue weighted by molar-refractivity contribution is -0.138. The van der Waals surface area contributed by atoms with Gasteiger partial charge < -0.3 is 19.3 Å². The average Bonchev–Trinajstić information content (AvgIpc) is 2.87. The summed E-state index contributed by atoms with van der Waals surface area (Å²) >= 11 is 0. The van der Waals surface area contributed by atoms with Gasteiger partial charge in [0.2, 0.25) is 11.8 Å². The van der Waals surface area contributed by atoms with Crippen LogP contribution in [0.15, 0.2) is 66.9 Å². The maximum absolute atomic E-state index is 13.2. The minimum absolute atomic E-state index is 0.0621. The molecular weight excluding hydrogens is 418 g/mol. The lowest BCUT2D eigenvalue weighted by atomic mass is 9.98. The predicted molar refractivity (Wildman–Crippen MR) is 125 cm³/mol. The molecule has 3 aromatic rings. The molecule has 0 N–H and O–H groups in total. The number of methoxy groups -OCH3 is 2. The zero-order chi connectivity index (χ0) is 23.4. The van der Waals surface area contributed by atoms with Crippen molar-refractivity contribution in [2.24, 2.45) is 0 Å². The second-order valence-electron chi connectivity index (χ2n) is 8.00. The number of likely N-dealkylation sites (N-methyl/N-ethyl adjacent to an activating group) is 1. The molecule has 1 aromatic heterocycles. The van der Waals surface area contributed by atoms with Crippen LogP contribution >= 0.6 is 0 Å². The number of aromatic nitrogens is 1. The van der Waals surface area contributed by atoms with Crippen molar-refractivity contribution in [3.63, 3.8) is 0 Å². The number of rotatable bonds is 6. The molecule has 2 aromatic carbocycles. The fourth-order valence-electron chi connectivity index (χ4n) is 4.00. The molecule has 7 heteroatoms. The van der Waals surface area contributed by atoms with E-state index in [1.54, 1.807) is 36.1 Å². The van der Waals surface area contributed by atoms with E-state index in [4.69, 9.17) is 9.47 Å². The van der Waals surface area contributed by atoms with E-state index < -0.39 is 6.04 Å². The van der Waals surface area contributed by atoms with Crippen LogP contribution in [0, 0.1) is 0 Å². The lowest BCUT2D eigenvalue weighted by Crippen LogP contribution is -2.58. The third-order valence-electron chi connectivity index (χ3n) is 5.95. The van der Waals surface area contributed by atoms with Crippen molar-refractivity contribution in [2.75, 3.05) is 34.4 Å². The molecule has 0 radical (unpaired) electrons. The lowest BCUT2D eigenvalue weighted by Gasteiger charge is -2.39. The Morgan fingerprint density at radius 1 is 1.00 bits per heavy atom. The molecule has 0 spiro atoms. The van der Waals surface area contributed by atoms with Crippen molar-refractivity contribution in [3.05, 3.63) is 78.0 Å². The first-order valence-electron chi connectivity index (χ1n) is 10.8. The Bertz CT molecular complexity index is 1130. The molecule has 1 fully saturated rings. The maximum atomic E-state index is 13.2. The van der Waals surface area contributed by atoms with Crippen LogP contribution in [0.1, 0.15) is 15.9 Å². The fraction of sp³-hybridized carbons (Fsp3) is 0.269. The normalized spacial score (nSPS) is 16.0. The van der Waals surface area contributed by atoms with E-state index in [0.29, 0.717) is 31.0 Å². The zero-order valence-corrected chi connectivity index (χ0v) is 19.0. The first-order valence-corrected chi connectivity index (χ1v) is 10.8. The standard InChI is InChI=1S/C26H27N3O4/c1-28-13-14-29(25(30)21-11-12-24(33-3)27-17-21)23(26(28)31)15-18-7-9-19(10-8-18)20-5-4-6-22(16-20)32-2/h4-12,16-17,23H,13-15H2,1-3H3. The van der Waals surface area contributed by atoms with Crippen molar-refractivity contribution in [2.45, 2.75) is 12.5 Å². The van der Waals surface area contributed by atoms with Crippen molar-refractivity contribution in [1.29, 1.82) is 0 Å². The molecule has 33 heavy (non-hydrogen) atoms. The van der Waals surface area contributed by atoms with Crippen LogP contribution in [0.5, 0.6) is 11.6 Å². The molecule has 4 rings (SSSR count). The van der Waals surface area contributed by atoms with Crippen LogP contribution in [0.25, 0.3) is 11.1 Å². The van der Waals surface area contributed by atoms with Gasteiger partial charge in [-0.15, -0.1) is 0 Å². The predicted octanol–water partition coefficient (Wildman–Crippen LogP) is 3.29. The van der Waals surface area contributed by atoms with E-state index >= 15 is 0 Å². The first-order chi connectivity index (χ1) is 16.0. The first kappa shape index (κ1) is 22.3. The Hall–Kier alpha value is -3.87. The molecule has 2 heterocycles. The van der Waals surface area contributed by atoms with Gasteiger partial charge in [-0.05, 0) is 34.9 Å². The van der Waals surface area contributed by atoms with Crippen LogP contribution in [0.2, 0.25) is 0 Å². The number of amides is 2. The van der Waals surface area contributed by atoms with Gasteiger partial charge in [0.05, 0.1) is 19.8 Å². The van der Waals surface area contributed by atoms with Gasteiger partial charge in [-0.25, -0.2) is 4.98 Å². The molecule has 7 nitrogen and oxygen atoms in total. The van der Waals surface area contributed by atoms with Gasteiger partial charge in [0.25, 0.3) is 5.91 Å². The van der Waals surface area contributed by atoms with E-state index in [0.717, 1.165) is 22.4 Å². The van der Waals surface area contributed by atoms with Crippen molar-refractivity contribution in [3.8, 4) is 22.8 Å². The molecule has 1 unspecified atom stereocenters. The van der Waals surface area contributed by atoms with Crippen LogP contribution in [0.4, 0.5) is 0 Å². The molecule has 0 saturated carbocycles. The summed E-state index contributed by atoms with van der Waals surface area (Å²) in [7, 11) is 4.95. The summed E-state index contributed by atoms with van der Waals surface area (Å²) in [6.45, 7) is 0.971. The Kier molecular flexibility index (Phi) is 6.58. The molecule has 170 valence electrons. The maximum Gasteiger partial charge on any atom is 0.256 e. The van der Waals surface area contributed by atoms with Gasteiger partial charge in [0.1, 0.15) is 11.8 Å². The highest BCUT2D eigenvalue weighted by molar-refractivity contribution is 5.98. The van der Waals surface area contributed by atoms with Crippen LogP contribution in [-0.2, 0) is 11.2 Å². The van der Waals surface area contributed by atoms with E-state index in [1.807, 2.05) is 48.5 Å². The number of ether oxygens (including phenoxy) is 2. The van der Waals surface area contributed by atoms with E-state index in [-0.39, 0.29) is 11.8 Å². The quantitative estimate of drug-likeness (QED) is 0.582. The number of benzene rings is 2. The van der Waals surface area contributed by atoms with Gasteiger partial charge in [-0.2, -0.15) is 0 Å². The van der Waals surface area contributed by atoms with Gasteiger partial charge >= 0.3 is 0 Å². The highest BCUT2D eigenvalue weighted by atomic mass is 16.5. The molecule has 1 atom stereocenters. The molecule has 0 bridgehead atoms. The van der Waals surface area contributed by atoms with Crippen molar-refractivity contribution < 1.29 is 19.1 Å². The number of carbonyl (C=O) groups is 2. The number of piperazine rings is 1. The Morgan fingerprint density at radius 2 is 1.79 bits per heavy atom. The minimum Gasteiger partial charge on any atom is -0.497 e. The molecular formula is C26H27N3O4. The second kappa shape index (κ2) is 9.73. The number of carbonyl (C=O) groups excluding carboxylic acids is 2. The minimum atomic E-state index is -0.568. The Labute approximate surface area is 193 Å². The van der Waals surface area contributed by atoms with Gasteiger partial charge in [-0.3, -0.25) is 9.59 Å². The third-order valence-corrected chi connectivity index (χ3v) is 5.95. The fourth-order valence-corrected chi connectivity index (χ4v) is 4.00. The summed E-state index contributed by atoms with van der Waals surface area (Å²) in [4.78, 5) is 33.7. The summed E-state index contributed by atoms with van der Waals surface area (Å²) in [5.74, 6) is 0.973. The van der Waals surface area contributed by atoms with Crippen molar-refractivity contribution in [1.82, 2.24) is 14.8 Å². The number of hydrogen-bond acceptors (Lipinski definition) is 5. The van der Waals surface area contributed by atoms with Gasteiger partial charge in [0, 0.05) is 38.8 Å². The molecule has 1 saturated heterocycles. The van der Waals surface area contributed by atoms with Crippen molar-refractivity contribution >= 4 is 11.8 Å². The second-order valence-corrected chi connectivity index (χ2v) is 8.00. The number of hydrogen-bond donors (Lipinski definition) is 0. The monoisotopic (exact) mass is 445 g/mol. The molecule has 2 amide bonds. The van der Waals surface area contributed by atoms with E-state index in [9.17, 15) is 9.59 Å². The summed E-state index contributed by atoms with van der Waals surface area (Å²) < 4.78 is 10.4. The Balaban J connectivity index is 1.55. The summed E-state index contributed by atoms with van der Waals surface area (Å²) in [6, 6.07) is 18.7. The van der Waals surface area contributed by atoms with Crippen LogP contribution < -0.4 is 9.47 Å². The third kappa shape index (κ3) is 4.82. The molecule has 1 aliphatic rings. The Morgan fingerprint density at radius 3 is 2.45 bits per heavy atom. The molecule has 1 aliphatic heterocycles.